The van der Waals surface area contributed by atoms with Gasteiger partial charge in [-0.15, -0.1) is 0 Å². The standard InChI is InChI=1S/C19H28N2O2/c1-19(2,3)17(18(22)23)21-12-15-10-20(11-16(15)13-21)9-14-7-5-4-6-8-14/h4-8,15-17H,9-13H2,1-3H3,(H,22,23)/t15-,16+,17?. The highest BCUT2D eigenvalue weighted by Crippen LogP contribution is 2.36. The lowest BCUT2D eigenvalue weighted by molar-refractivity contribution is -0.147. The number of likely N-dealkylation sites (tertiary alicyclic amines) is 2. The van der Waals surface area contributed by atoms with E-state index in [9.17, 15) is 9.90 Å². The van der Waals surface area contributed by atoms with Crippen molar-refractivity contribution in [2.75, 3.05) is 26.2 Å². The number of aliphatic carboxylic acids is 1. The summed E-state index contributed by atoms with van der Waals surface area (Å²) >= 11 is 0. The first kappa shape index (κ1) is 16.5. The highest BCUT2D eigenvalue weighted by Gasteiger charge is 2.46. The molecule has 2 aliphatic rings. The van der Waals surface area contributed by atoms with Crippen LogP contribution in [0, 0.1) is 17.3 Å². The molecule has 2 aliphatic heterocycles. The van der Waals surface area contributed by atoms with Gasteiger partial charge in [-0.05, 0) is 22.8 Å². The molecule has 2 fully saturated rings. The van der Waals surface area contributed by atoms with Crippen LogP contribution in [-0.4, -0.2) is 53.1 Å². The van der Waals surface area contributed by atoms with Crippen molar-refractivity contribution in [3.05, 3.63) is 35.9 Å². The second-order valence-electron chi connectivity index (χ2n) is 8.26. The van der Waals surface area contributed by atoms with Gasteiger partial charge < -0.3 is 5.11 Å². The predicted molar refractivity (Wildman–Crippen MR) is 91.2 cm³/mol. The fourth-order valence-corrected chi connectivity index (χ4v) is 4.38. The summed E-state index contributed by atoms with van der Waals surface area (Å²) in [6, 6.07) is 10.2. The number of benzene rings is 1. The van der Waals surface area contributed by atoms with E-state index in [1.165, 1.54) is 5.56 Å². The minimum absolute atomic E-state index is 0.228. The van der Waals surface area contributed by atoms with E-state index in [2.05, 4.69) is 40.1 Å². The maximum Gasteiger partial charge on any atom is 0.321 e. The van der Waals surface area contributed by atoms with Gasteiger partial charge in [0.25, 0.3) is 0 Å². The van der Waals surface area contributed by atoms with Crippen LogP contribution in [0.25, 0.3) is 0 Å². The van der Waals surface area contributed by atoms with Gasteiger partial charge in [-0.3, -0.25) is 14.6 Å². The topological polar surface area (TPSA) is 43.8 Å². The fraction of sp³-hybridized carbons (Fsp3) is 0.632. The lowest BCUT2D eigenvalue weighted by Gasteiger charge is -2.35. The quantitative estimate of drug-likeness (QED) is 0.927. The van der Waals surface area contributed by atoms with Crippen molar-refractivity contribution in [1.29, 1.82) is 0 Å². The van der Waals surface area contributed by atoms with E-state index in [1.807, 2.05) is 20.8 Å². The molecule has 1 N–H and O–H groups in total. The molecule has 1 aromatic carbocycles. The summed E-state index contributed by atoms with van der Waals surface area (Å²) in [5, 5.41) is 9.63. The zero-order chi connectivity index (χ0) is 16.6. The highest BCUT2D eigenvalue weighted by molar-refractivity contribution is 5.74. The van der Waals surface area contributed by atoms with Crippen LogP contribution >= 0.6 is 0 Å². The van der Waals surface area contributed by atoms with Gasteiger partial charge in [0.1, 0.15) is 6.04 Å². The summed E-state index contributed by atoms with van der Waals surface area (Å²) in [5.41, 5.74) is 1.14. The molecule has 0 spiro atoms. The van der Waals surface area contributed by atoms with Crippen LogP contribution in [0.5, 0.6) is 0 Å². The Morgan fingerprint density at radius 3 is 2.17 bits per heavy atom. The lowest BCUT2D eigenvalue weighted by Crippen LogP contribution is -2.49. The summed E-state index contributed by atoms with van der Waals surface area (Å²) in [6.07, 6.45) is 0. The largest absolute Gasteiger partial charge is 0.480 e. The van der Waals surface area contributed by atoms with Crippen LogP contribution in [0.1, 0.15) is 26.3 Å². The number of hydrogen-bond acceptors (Lipinski definition) is 3. The zero-order valence-corrected chi connectivity index (χ0v) is 14.4. The van der Waals surface area contributed by atoms with Crippen molar-refractivity contribution >= 4 is 5.97 Å². The first-order chi connectivity index (χ1) is 10.8. The molecular formula is C19H28N2O2. The number of carbonyl (C=O) groups is 1. The van der Waals surface area contributed by atoms with Crippen LogP contribution in [0.3, 0.4) is 0 Å². The number of rotatable bonds is 4. The Balaban J connectivity index is 1.60. The summed E-state index contributed by atoms with van der Waals surface area (Å²) in [5.74, 6) is 0.546. The van der Waals surface area contributed by atoms with Crippen LogP contribution < -0.4 is 0 Å². The number of carboxylic acid groups (broad SMARTS) is 1. The van der Waals surface area contributed by atoms with E-state index in [0.717, 1.165) is 32.7 Å². The molecule has 126 valence electrons. The maximum absolute atomic E-state index is 11.7. The zero-order valence-electron chi connectivity index (χ0n) is 14.4. The lowest BCUT2D eigenvalue weighted by atomic mass is 9.85. The van der Waals surface area contributed by atoms with Gasteiger partial charge in [-0.25, -0.2) is 0 Å². The Labute approximate surface area is 139 Å². The third kappa shape index (κ3) is 3.59. The average molecular weight is 316 g/mol. The van der Waals surface area contributed by atoms with Gasteiger partial charge in [0.15, 0.2) is 0 Å². The third-order valence-corrected chi connectivity index (χ3v) is 5.26. The molecule has 3 atom stereocenters. The molecule has 2 saturated heterocycles. The molecule has 1 unspecified atom stereocenters. The van der Waals surface area contributed by atoms with E-state index in [0.29, 0.717) is 11.8 Å². The Kier molecular flexibility index (Phi) is 4.47. The minimum Gasteiger partial charge on any atom is -0.480 e. The van der Waals surface area contributed by atoms with Crippen molar-refractivity contribution in [3.8, 4) is 0 Å². The molecule has 23 heavy (non-hydrogen) atoms. The highest BCUT2D eigenvalue weighted by atomic mass is 16.4. The average Bonchev–Trinajstić information content (AvgIpc) is 2.95. The number of carboxylic acids is 1. The van der Waals surface area contributed by atoms with Gasteiger partial charge in [-0.2, -0.15) is 0 Å². The monoisotopic (exact) mass is 316 g/mol. The number of nitrogens with zero attached hydrogens (tertiary/aromatic N) is 2. The van der Waals surface area contributed by atoms with Crippen molar-refractivity contribution in [2.45, 2.75) is 33.4 Å². The van der Waals surface area contributed by atoms with Crippen LogP contribution in [0.4, 0.5) is 0 Å². The van der Waals surface area contributed by atoms with Gasteiger partial charge >= 0.3 is 5.97 Å². The molecule has 0 radical (unpaired) electrons. The molecule has 0 amide bonds. The Morgan fingerprint density at radius 2 is 1.70 bits per heavy atom. The second kappa shape index (κ2) is 6.25. The first-order valence-corrected chi connectivity index (χ1v) is 8.57. The summed E-state index contributed by atoms with van der Waals surface area (Å²) in [4.78, 5) is 16.4. The molecule has 0 bridgehead atoms. The van der Waals surface area contributed by atoms with E-state index in [4.69, 9.17) is 0 Å². The van der Waals surface area contributed by atoms with Crippen LogP contribution in [0.2, 0.25) is 0 Å². The predicted octanol–water partition coefficient (Wildman–Crippen LogP) is 2.55. The van der Waals surface area contributed by atoms with Gasteiger partial charge in [-0.1, -0.05) is 51.1 Å². The Morgan fingerprint density at radius 1 is 1.13 bits per heavy atom. The van der Waals surface area contributed by atoms with Crippen molar-refractivity contribution in [1.82, 2.24) is 9.80 Å². The van der Waals surface area contributed by atoms with Crippen molar-refractivity contribution < 1.29 is 9.90 Å². The molecule has 4 nitrogen and oxygen atoms in total. The first-order valence-electron chi connectivity index (χ1n) is 8.57. The van der Waals surface area contributed by atoms with E-state index in [-0.39, 0.29) is 11.5 Å². The molecule has 0 saturated carbocycles. The SMILES string of the molecule is CC(C)(C)C(C(=O)O)N1C[C@H]2CN(Cc3ccccc3)C[C@H]2C1. The van der Waals surface area contributed by atoms with Crippen LogP contribution in [-0.2, 0) is 11.3 Å². The molecular weight excluding hydrogens is 288 g/mol. The summed E-state index contributed by atoms with van der Waals surface area (Å²) in [6.45, 7) is 11.1. The fourth-order valence-electron chi connectivity index (χ4n) is 4.38. The molecule has 1 aromatic rings. The smallest absolute Gasteiger partial charge is 0.321 e. The van der Waals surface area contributed by atoms with E-state index < -0.39 is 5.97 Å². The van der Waals surface area contributed by atoms with Gasteiger partial charge in [0, 0.05) is 32.7 Å². The molecule has 4 heteroatoms. The minimum atomic E-state index is -0.682. The van der Waals surface area contributed by atoms with Crippen LogP contribution in [0.15, 0.2) is 30.3 Å². The number of hydrogen-bond donors (Lipinski definition) is 1. The number of fused-ring (bicyclic) bond motifs is 1. The molecule has 0 aliphatic carbocycles. The summed E-state index contributed by atoms with van der Waals surface area (Å²) < 4.78 is 0. The molecule has 0 aromatic heterocycles. The third-order valence-electron chi connectivity index (χ3n) is 5.26. The Bertz CT molecular complexity index is 538. The summed E-state index contributed by atoms with van der Waals surface area (Å²) in [7, 11) is 0. The van der Waals surface area contributed by atoms with Gasteiger partial charge in [0.05, 0.1) is 0 Å². The molecule has 3 rings (SSSR count). The Hall–Kier alpha value is -1.39. The van der Waals surface area contributed by atoms with E-state index >= 15 is 0 Å². The van der Waals surface area contributed by atoms with Crippen molar-refractivity contribution in [2.24, 2.45) is 17.3 Å². The van der Waals surface area contributed by atoms with E-state index in [1.54, 1.807) is 0 Å². The maximum atomic E-state index is 11.7. The normalized spacial score (nSPS) is 27.1. The second-order valence-corrected chi connectivity index (χ2v) is 8.26. The molecule has 2 heterocycles. The van der Waals surface area contributed by atoms with Crippen molar-refractivity contribution in [3.63, 3.8) is 0 Å². The van der Waals surface area contributed by atoms with Gasteiger partial charge in [0.2, 0.25) is 0 Å².